The Labute approximate surface area is 79.5 Å². The van der Waals surface area contributed by atoms with Crippen LogP contribution in [0.15, 0.2) is 16.9 Å². The monoisotopic (exact) mass is 182 g/mol. The van der Waals surface area contributed by atoms with Crippen molar-refractivity contribution in [3.05, 3.63) is 18.0 Å². The minimum absolute atomic E-state index is 0.800. The minimum atomic E-state index is 0.800. The quantitative estimate of drug-likeness (QED) is 0.685. The lowest BCUT2D eigenvalue weighted by Gasteiger charge is -2.04. The largest absolute Gasteiger partial charge is 0.364 e. The first-order valence-corrected chi connectivity index (χ1v) is 4.89. The summed E-state index contributed by atoms with van der Waals surface area (Å²) in [5.41, 5.74) is 0.976. The van der Waals surface area contributed by atoms with Gasteiger partial charge in [-0.3, -0.25) is 0 Å². The third-order valence-electron chi connectivity index (χ3n) is 1.93. The standard InChI is InChI=1S/C10H18N2O/c1-9(2)4-3-6-11-8-10-5-7-13-12-10/h5,7,9,11H,3-4,6,8H2,1-2H3. The van der Waals surface area contributed by atoms with Gasteiger partial charge in [0, 0.05) is 12.6 Å². The maximum Gasteiger partial charge on any atom is 0.124 e. The van der Waals surface area contributed by atoms with Gasteiger partial charge in [0.05, 0.1) is 5.69 Å². The van der Waals surface area contributed by atoms with E-state index in [0.717, 1.165) is 24.7 Å². The minimum Gasteiger partial charge on any atom is -0.364 e. The number of aromatic nitrogens is 1. The van der Waals surface area contributed by atoms with E-state index in [1.807, 2.05) is 6.07 Å². The Hall–Kier alpha value is -0.830. The highest BCUT2D eigenvalue weighted by molar-refractivity contribution is 4.93. The van der Waals surface area contributed by atoms with Gasteiger partial charge in [-0.25, -0.2) is 0 Å². The molecule has 0 atom stereocenters. The van der Waals surface area contributed by atoms with Crippen LogP contribution in [0.2, 0.25) is 0 Å². The van der Waals surface area contributed by atoms with E-state index in [4.69, 9.17) is 4.52 Å². The van der Waals surface area contributed by atoms with Gasteiger partial charge in [0.1, 0.15) is 6.26 Å². The first kappa shape index (κ1) is 10.3. The van der Waals surface area contributed by atoms with E-state index in [9.17, 15) is 0 Å². The Kier molecular flexibility index (Phi) is 4.54. The molecule has 0 saturated carbocycles. The Balaban J connectivity index is 1.96. The molecule has 0 amide bonds. The zero-order valence-electron chi connectivity index (χ0n) is 8.42. The van der Waals surface area contributed by atoms with Gasteiger partial charge in [-0.05, 0) is 25.3 Å². The van der Waals surface area contributed by atoms with E-state index in [2.05, 4.69) is 24.3 Å². The smallest absolute Gasteiger partial charge is 0.124 e. The van der Waals surface area contributed by atoms with E-state index in [1.54, 1.807) is 6.26 Å². The van der Waals surface area contributed by atoms with Crippen molar-refractivity contribution < 1.29 is 4.52 Å². The first-order chi connectivity index (χ1) is 6.29. The molecule has 1 heterocycles. The van der Waals surface area contributed by atoms with Crippen molar-refractivity contribution in [1.82, 2.24) is 10.5 Å². The van der Waals surface area contributed by atoms with Gasteiger partial charge in [-0.1, -0.05) is 19.0 Å². The predicted molar refractivity (Wildman–Crippen MR) is 52.3 cm³/mol. The number of hydrogen-bond donors (Lipinski definition) is 1. The summed E-state index contributed by atoms with van der Waals surface area (Å²) in [6, 6.07) is 1.88. The van der Waals surface area contributed by atoms with Gasteiger partial charge in [-0.2, -0.15) is 0 Å². The number of nitrogens with zero attached hydrogens (tertiary/aromatic N) is 1. The molecule has 0 fully saturated rings. The molecule has 3 nitrogen and oxygen atoms in total. The maximum absolute atomic E-state index is 4.72. The van der Waals surface area contributed by atoms with Crippen LogP contribution >= 0.6 is 0 Å². The highest BCUT2D eigenvalue weighted by Gasteiger charge is 1.96. The van der Waals surface area contributed by atoms with Crippen LogP contribution in [0.5, 0.6) is 0 Å². The van der Waals surface area contributed by atoms with Gasteiger partial charge < -0.3 is 9.84 Å². The molecule has 3 heteroatoms. The SMILES string of the molecule is CC(C)CCCNCc1ccon1. The lowest BCUT2D eigenvalue weighted by Crippen LogP contribution is -2.15. The highest BCUT2D eigenvalue weighted by atomic mass is 16.5. The van der Waals surface area contributed by atoms with Gasteiger partial charge in [-0.15, -0.1) is 0 Å². The van der Waals surface area contributed by atoms with Crippen molar-refractivity contribution in [2.45, 2.75) is 33.2 Å². The van der Waals surface area contributed by atoms with E-state index in [-0.39, 0.29) is 0 Å². The third kappa shape index (κ3) is 4.68. The molecule has 0 aromatic carbocycles. The first-order valence-electron chi connectivity index (χ1n) is 4.89. The fourth-order valence-corrected chi connectivity index (χ4v) is 1.18. The van der Waals surface area contributed by atoms with Crippen LogP contribution in [0.1, 0.15) is 32.4 Å². The summed E-state index contributed by atoms with van der Waals surface area (Å²) >= 11 is 0. The summed E-state index contributed by atoms with van der Waals surface area (Å²) in [5, 5.41) is 7.13. The van der Waals surface area contributed by atoms with Gasteiger partial charge in [0.15, 0.2) is 0 Å². The van der Waals surface area contributed by atoms with Crippen molar-refractivity contribution >= 4 is 0 Å². The molecule has 0 saturated heterocycles. The Bertz CT molecular complexity index is 207. The molecule has 0 radical (unpaired) electrons. The summed E-state index contributed by atoms with van der Waals surface area (Å²) in [6.07, 6.45) is 4.12. The Morgan fingerprint density at radius 3 is 3.00 bits per heavy atom. The fourth-order valence-electron chi connectivity index (χ4n) is 1.18. The van der Waals surface area contributed by atoms with E-state index < -0.39 is 0 Å². The van der Waals surface area contributed by atoms with Crippen LogP contribution in [-0.4, -0.2) is 11.7 Å². The van der Waals surface area contributed by atoms with E-state index in [1.165, 1.54) is 12.8 Å². The number of rotatable bonds is 6. The third-order valence-corrected chi connectivity index (χ3v) is 1.93. The van der Waals surface area contributed by atoms with Crippen molar-refractivity contribution in [2.24, 2.45) is 5.92 Å². The van der Waals surface area contributed by atoms with Crippen molar-refractivity contribution in [2.75, 3.05) is 6.54 Å². The highest BCUT2D eigenvalue weighted by Crippen LogP contribution is 2.02. The zero-order valence-corrected chi connectivity index (χ0v) is 8.42. The van der Waals surface area contributed by atoms with Gasteiger partial charge in [0.25, 0.3) is 0 Å². The lowest BCUT2D eigenvalue weighted by atomic mass is 10.1. The number of hydrogen-bond acceptors (Lipinski definition) is 3. The molecule has 0 aliphatic carbocycles. The Morgan fingerprint density at radius 2 is 2.38 bits per heavy atom. The molecule has 0 aliphatic heterocycles. The van der Waals surface area contributed by atoms with Crippen LogP contribution in [0.25, 0.3) is 0 Å². The van der Waals surface area contributed by atoms with Gasteiger partial charge >= 0.3 is 0 Å². The molecule has 0 aliphatic rings. The predicted octanol–water partition coefficient (Wildman–Crippen LogP) is 2.20. The Morgan fingerprint density at radius 1 is 1.54 bits per heavy atom. The summed E-state index contributed by atoms with van der Waals surface area (Å²) in [6.45, 7) is 6.37. The molecule has 0 unspecified atom stereocenters. The second-order valence-electron chi connectivity index (χ2n) is 3.70. The molecule has 13 heavy (non-hydrogen) atoms. The second kappa shape index (κ2) is 5.75. The average molecular weight is 182 g/mol. The molecule has 1 rings (SSSR count). The summed E-state index contributed by atoms with van der Waals surface area (Å²) in [4.78, 5) is 0. The zero-order chi connectivity index (χ0) is 9.52. The fraction of sp³-hybridized carbons (Fsp3) is 0.700. The van der Waals surface area contributed by atoms with Crippen LogP contribution in [0, 0.1) is 5.92 Å². The molecule has 1 aromatic rings. The molecule has 74 valence electrons. The van der Waals surface area contributed by atoms with E-state index in [0.29, 0.717) is 0 Å². The second-order valence-corrected chi connectivity index (χ2v) is 3.70. The summed E-state index contributed by atoms with van der Waals surface area (Å²) in [5.74, 6) is 0.800. The molecule has 0 spiro atoms. The summed E-state index contributed by atoms with van der Waals surface area (Å²) in [7, 11) is 0. The lowest BCUT2D eigenvalue weighted by molar-refractivity contribution is 0.408. The average Bonchev–Trinajstić information content (AvgIpc) is 2.55. The molecule has 1 N–H and O–H groups in total. The van der Waals surface area contributed by atoms with Crippen LogP contribution in [0.4, 0.5) is 0 Å². The summed E-state index contributed by atoms with van der Waals surface area (Å²) < 4.78 is 4.72. The molecular weight excluding hydrogens is 164 g/mol. The van der Waals surface area contributed by atoms with Crippen LogP contribution < -0.4 is 5.32 Å². The molecule has 1 aromatic heterocycles. The van der Waals surface area contributed by atoms with Gasteiger partial charge in [0.2, 0.25) is 0 Å². The normalized spacial score (nSPS) is 11.0. The maximum atomic E-state index is 4.72. The topological polar surface area (TPSA) is 38.1 Å². The van der Waals surface area contributed by atoms with Crippen molar-refractivity contribution in [3.63, 3.8) is 0 Å². The molecular formula is C10H18N2O. The van der Waals surface area contributed by atoms with Crippen LogP contribution in [0.3, 0.4) is 0 Å². The van der Waals surface area contributed by atoms with E-state index >= 15 is 0 Å². The van der Waals surface area contributed by atoms with Crippen molar-refractivity contribution in [1.29, 1.82) is 0 Å². The van der Waals surface area contributed by atoms with Crippen molar-refractivity contribution in [3.8, 4) is 0 Å². The molecule has 0 bridgehead atoms. The number of nitrogens with one attached hydrogen (secondary N) is 1. The van der Waals surface area contributed by atoms with Crippen LogP contribution in [-0.2, 0) is 6.54 Å².